The minimum absolute atomic E-state index is 0.262. The number of nitrogens with two attached hydrogens (primary N) is 1. The molecule has 22 heavy (non-hydrogen) atoms. The molecular weight excluding hydrogens is 290 g/mol. The summed E-state index contributed by atoms with van der Waals surface area (Å²) >= 11 is 0. The van der Waals surface area contributed by atoms with E-state index in [1.165, 1.54) is 18.6 Å². The van der Waals surface area contributed by atoms with Crippen LogP contribution in [0.25, 0.3) is 0 Å². The van der Waals surface area contributed by atoms with Gasteiger partial charge in [-0.2, -0.15) is 5.10 Å². The van der Waals surface area contributed by atoms with Crippen LogP contribution in [-0.2, 0) is 0 Å². The topological polar surface area (TPSA) is 127 Å². The Kier molecular flexibility index (Phi) is 5.48. The summed E-state index contributed by atoms with van der Waals surface area (Å²) in [4.78, 5) is 23.2. The minimum Gasteiger partial charge on any atom is -0.399 e. The maximum Gasteiger partial charge on any atom is 0.433 e. The molecule has 2 amide bonds. The summed E-state index contributed by atoms with van der Waals surface area (Å²) in [6.45, 7) is 2.79. The number of hydrogen-bond acceptors (Lipinski definition) is 6. The van der Waals surface area contributed by atoms with E-state index in [9.17, 15) is 14.9 Å². The molecule has 9 heteroatoms. The van der Waals surface area contributed by atoms with Crippen molar-refractivity contribution in [2.24, 2.45) is 10.8 Å². The first-order valence-electron chi connectivity index (χ1n) is 7.15. The van der Waals surface area contributed by atoms with Gasteiger partial charge in [0.15, 0.2) is 5.76 Å². The van der Waals surface area contributed by atoms with Crippen molar-refractivity contribution in [2.75, 3.05) is 19.6 Å². The van der Waals surface area contributed by atoms with Crippen molar-refractivity contribution >= 4 is 17.6 Å². The molecule has 0 aromatic carbocycles. The summed E-state index contributed by atoms with van der Waals surface area (Å²) in [5.74, 6) is -0.0998. The van der Waals surface area contributed by atoms with Gasteiger partial charge in [-0.25, -0.2) is 10.2 Å². The second kappa shape index (κ2) is 7.55. The highest BCUT2D eigenvalue weighted by Gasteiger charge is 2.18. The maximum atomic E-state index is 10.8. The van der Waals surface area contributed by atoms with E-state index >= 15 is 0 Å². The molecule has 1 aliphatic rings. The fourth-order valence-corrected chi connectivity index (χ4v) is 2.38. The van der Waals surface area contributed by atoms with Crippen LogP contribution in [0.5, 0.6) is 0 Å². The number of urea groups is 1. The highest BCUT2D eigenvalue weighted by atomic mass is 16.6. The minimum atomic E-state index is -0.795. The molecule has 0 radical (unpaired) electrons. The highest BCUT2D eigenvalue weighted by molar-refractivity contribution is 5.99. The predicted molar refractivity (Wildman–Crippen MR) is 79.5 cm³/mol. The first-order chi connectivity index (χ1) is 10.6. The first-order valence-corrected chi connectivity index (χ1v) is 7.15. The number of likely N-dealkylation sites (tertiary alicyclic amines) is 1. The Labute approximate surface area is 127 Å². The Bertz CT molecular complexity index is 563. The van der Waals surface area contributed by atoms with E-state index in [4.69, 9.17) is 10.2 Å². The van der Waals surface area contributed by atoms with E-state index in [2.05, 4.69) is 15.4 Å². The SMILES string of the molecule is NC(=O)N/N=C(/CCN1CCCCC1)c1ccc([N+](=O)[O-])o1. The molecule has 120 valence electrons. The van der Waals surface area contributed by atoms with Gasteiger partial charge in [0.25, 0.3) is 0 Å². The van der Waals surface area contributed by atoms with Gasteiger partial charge in [0.05, 0.1) is 6.07 Å². The zero-order valence-corrected chi connectivity index (χ0v) is 12.2. The Balaban J connectivity index is 2.05. The third-order valence-corrected chi connectivity index (χ3v) is 3.47. The van der Waals surface area contributed by atoms with E-state index in [0.717, 1.165) is 32.5 Å². The molecule has 0 unspecified atom stereocenters. The average molecular weight is 309 g/mol. The third kappa shape index (κ3) is 4.55. The van der Waals surface area contributed by atoms with Gasteiger partial charge in [-0.05, 0) is 32.0 Å². The number of nitrogens with zero attached hydrogens (tertiary/aromatic N) is 3. The number of carbonyl (C=O) groups is 1. The van der Waals surface area contributed by atoms with Crippen LogP contribution in [0.2, 0.25) is 0 Å². The lowest BCUT2D eigenvalue weighted by atomic mass is 10.1. The van der Waals surface area contributed by atoms with Crippen LogP contribution < -0.4 is 11.2 Å². The molecule has 1 saturated heterocycles. The molecule has 0 aliphatic carbocycles. The van der Waals surface area contributed by atoms with Crippen LogP contribution in [0, 0.1) is 10.1 Å². The molecule has 2 rings (SSSR count). The van der Waals surface area contributed by atoms with Crippen molar-refractivity contribution < 1.29 is 14.1 Å². The second-order valence-corrected chi connectivity index (χ2v) is 5.08. The number of carbonyl (C=O) groups excluding carboxylic acids is 1. The number of piperidine rings is 1. The van der Waals surface area contributed by atoms with Gasteiger partial charge in [-0.3, -0.25) is 10.1 Å². The summed E-state index contributed by atoms with van der Waals surface area (Å²) in [6.07, 6.45) is 4.08. The Morgan fingerprint density at radius 3 is 2.73 bits per heavy atom. The van der Waals surface area contributed by atoms with Crippen LogP contribution in [0.3, 0.4) is 0 Å². The number of nitro groups is 1. The smallest absolute Gasteiger partial charge is 0.399 e. The number of furan rings is 1. The van der Waals surface area contributed by atoms with Crippen LogP contribution >= 0.6 is 0 Å². The van der Waals surface area contributed by atoms with Crippen molar-refractivity contribution in [3.05, 3.63) is 28.0 Å². The van der Waals surface area contributed by atoms with Gasteiger partial charge in [0, 0.05) is 13.0 Å². The van der Waals surface area contributed by atoms with Gasteiger partial charge in [-0.15, -0.1) is 0 Å². The zero-order valence-electron chi connectivity index (χ0n) is 12.2. The van der Waals surface area contributed by atoms with Crippen molar-refractivity contribution in [1.82, 2.24) is 10.3 Å². The summed E-state index contributed by atoms with van der Waals surface area (Å²) < 4.78 is 5.14. The number of amides is 2. The van der Waals surface area contributed by atoms with E-state index in [1.807, 2.05) is 0 Å². The maximum absolute atomic E-state index is 10.8. The Morgan fingerprint density at radius 2 is 2.14 bits per heavy atom. The summed E-state index contributed by atoms with van der Waals surface area (Å²) in [7, 11) is 0. The standard InChI is InChI=1S/C13H19N5O4/c14-13(19)16-15-10(6-9-17-7-2-1-3-8-17)11-4-5-12(22-11)18(20)21/h4-5H,1-3,6-9H2,(H3,14,16,19)/b15-10-. The predicted octanol–water partition coefficient (Wildman–Crippen LogP) is 1.44. The number of primary amides is 1. The van der Waals surface area contributed by atoms with Gasteiger partial charge in [-0.1, -0.05) is 6.42 Å². The summed E-state index contributed by atoms with van der Waals surface area (Å²) in [5.41, 5.74) is 7.58. The Morgan fingerprint density at radius 1 is 1.41 bits per heavy atom. The summed E-state index contributed by atoms with van der Waals surface area (Å²) in [6, 6.07) is 1.93. The van der Waals surface area contributed by atoms with Crippen molar-refractivity contribution in [2.45, 2.75) is 25.7 Å². The second-order valence-electron chi connectivity index (χ2n) is 5.08. The first kappa shape index (κ1) is 16.0. The van der Waals surface area contributed by atoms with Gasteiger partial charge in [0.2, 0.25) is 0 Å². The molecule has 9 nitrogen and oxygen atoms in total. The molecule has 1 aromatic heterocycles. The van der Waals surface area contributed by atoms with Crippen molar-refractivity contribution in [1.29, 1.82) is 0 Å². The van der Waals surface area contributed by atoms with Crippen LogP contribution in [0.4, 0.5) is 10.7 Å². The Hall–Kier alpha value is -2.42. The van der Waals surface area contributed by atoms with E-state index in [1.54, 1.807) is 0 Å². The van der Waals surface area contributed by atoms with Crippen LogP contribution in [0.15, 0.2) is 21.7 Å². The lowest BCUT2D eigenvalue weighted by Crippen LogP contribution is -2.32. The average Bonchev–Trinajstić information content (AvgIpc) is 2.98. The van der Waals surface area contributed by atoms with Gasteiger partial charge in [0.1, 0.15) is 10.6 Å². The van der Waals surface area contributed by atoms with Crippen molar-refractivity contribution in [3.63, 3.8) is 0 Å². The number of hydrogen-bond donors (Lipinski definition) is 2. The fraction of sp³-hybridized carbons (Fsp3) is 0.538. The molecule has 3 N–H and O–H groups in total. The number of rotatable bonds is 6. The lowest BCUT2D eigenvalue weighted by Gasteiger charge is -2.26. The van der Waals surface area contributed by atoms with Gasteiger partial charge >= 0.3 is 11.9 Å². The van der Waals surface area contributed by atoms with E-state index < -0.39 is 11.0 Å². The summed E-state index contributed by atoms with van der Waals surface area (Å²) in [5, 5.41) is 14.6. The number of hydrazone groups is 1. The molecule has 1 aromatic rings. The highest BCUT2D eigenvalue weighted by Crippen LogP contribution is 2.18. The number of nitrogens with one attached hydrogen (secondary N) is 1. The third-order valence-electron chi connectivity index (χ3n) is 3.47. The van der Waals surface area contributed by atoms with Crippen molar-refractivity contribution in [3.8, 4) is 0 Å². The van der Waals surface area contributed by atoms with E-state index in [-0.39, 0.29) is 11.6 Å². The van der Waals surface area contributed by atoms with Crippen LogP contribution in [-0.4, -0.2) is 41.2 Å². The molecular formula is C13H19N5O4. The van der Waals surface area contributed by atoms with Gasteiger partial charge < -0.3 is 15.1 Å². The molecule has 2 heterocycles. The van der Waals surface area contributed by atoms with Crippen LogP contribution in [0.1, 0.15) is 31.4 Å². The molecule has 0 bridgehead atoms. The zero-order chi connectivity index (χ0) is 15.9. The lowest BCUT2D eigenvalue weighted by molar-refractivity contribution is -0.402. The fourth-order valence-electron chi connectivity index (χ4n) is 2.38. The molecule has 0 spiro atoms. The largest absolute Gasteiger partial charge is 0.433 e. The molecule has 0 atom stereocenters. The monoisotopic (exact) mass is 309 g/mol. The van der Waals surface area contributed by atoms with E-state index in [0.29, 0.717) is 12.1 Å². The molecule has 0 saturated carbocycles. The normalized spacial score (nSPS) is 16.5. The quantitative estimate of drug-likeness (QED) is 0.467. The molecule has 1 aliphatic heterocycles. The molecule has 1 fully saturated rings.